The fourth-order valence-corrected chi connectivity index (χ4v) is 1.94. The lowest BCUT2D eigenvalue weighted by Gasteiger charge is -2.26. The van der Waals surface area contributed by atoms with Crippen molar-refractivity contribution in [2.75, 3.05) is 32.8 Å². The van der Waals surface area contributed by atoms with Gasteiger partial charge in [0.25, 0.3) is 0 Å². The minimum Gasteiger partial charge on any atom is -0.378 e. The summed E-state index contributed by atoms with van der Waals surface area (Å²) in [5.41, 5.74) is 0.864. The lowest BCUT2D eigenvalue weighted by Crippen LogP contribution is -2.42. The van der Waals surface area contributed by atoms with Gasteiger partial charge in [-0.15, -0.1) is 5.10 Å². The van der Waals surface area contributed by atoms with E-state index in [9.17, 15) is 4.79 Å². The van der Waals surface area contributed by atoms with E-state index in [2.05, 4.69) is 22.6 Å². The predicted octanol–water partition coefficient (Wildman–Crippen LogP) is -0.363. The number of hydrogen-bond donors (Lipinski definition) is 1. The molecule has 2 heterocycles. The topological polar surface area (TPSA) is 72.3 Å². The van der Waals surface area contributed by atoms with E-state index in [-0.39, 0.29) is 12.5 Å². The lowest BCUT2D eigenvalue weighted by atomic mass is 10.4. The van der Waals surface area contributed by atoms with E-state index in [4.69, 9.17) is 4.74 Å². The van der Waals surface area contributed by atoms with Gasteiger partial charge in [-0.2, -0.15) is 0 Å². The predicted molar refractivity (Wildman–Crippen MR) is 69.4 cm³/mol. The second kappa shape index (κ2) is 7.20. The molecule has 0 radical (unpaired) electrons. The van der Waals surface area contributed by atoms with Gasteiger partial charge >= 0.3 is 0 Å². The molecule has 1 fully saturated rings. The summed E-state index contributed by atoms with van der Waals surface area (Å²) in [6.07, 6.45) is 2.91. The summed E-state index contributed by atoms with van der Waals surface area (Å²) in [5.74, 6) is 0.0706. The molecule has 0 bridgehead atoms. The normalized spacial score (nSPS) is 15.7. The van der Waals surface area contributed by atoms with Gasteiger partial charge in [0.1, 0.15) is 6.54 Å². The molecule has 1 aliphatic heterocycles. The quantitative estimate of drug-likeness (QED) is 0.712. The second-order valence-corrected chi connectivity index (χ2v) is 4.58. The maximum Gasteiger partial charge on any atom is 0.244 e. The first-order chi connectivity index (χ1) is 9.29. The zero-order valence-electron chi connectivity index (χ0n) is 11.3. The van der Waals surface area contributed by atoms with Crippen LogP contribution in [0.4, 0.5) is 0 Å². The van der Waals surface area contributed by atoms with Crippen molar-refractivity contribution in [2.24, 2.45) is 0 Å². The summed E-state index contributed by atoms with van der Waals surface area (Å²) < 4.78 is 6.82. The van der Waals surface area contributed by atoms with Crippen molar-refractivity contribution in [3.05, 3.63) is 11.9 Å². The van der Waals surface area contributed by atoms with Crippen LogP contribution in [0.3, 0.4) is 0 Å². The van der Waals surface area contributed by atoms with E-state index >= 15 is 0 Å². The maximum atomic E-state index is 12.0. The molecule has 2 rings (SSSR count). The molecule has 7 heteroatoms. The molecule has 0 aromatic carbocycles. The van der Waals surface area contributed by atoms with Crippen molar-refractivity contribution in [1.29, 1.82) is 0 Å². The Morgan fingerprint density at radius 2 is 2.26 bits per heavy atom. The number of ether oxygens (including phenoxy) is 1. The highest BCUT2D eigenvalue weighted by Gasteiger charge is 2.17. The Morgan fingerprint density at radius 1 is 1.47 bits per heavy atom. The van der Waals surface area contributed by atoms with E-state index in [0.29, 0.717) is 32.8 Å². The first kappa shape index (κ1) is 14.0. The van der Waals surface area contributed by atoms with Gasteiger partial charge in [0.05, 0.1) is 25.1 Å². The van der Waals surface area contributed by atoms with Crippen LogP contribution in [-0.2, 0) is 22.6 Å². The van der Waals surface area contributed by atoms with E-state index in [1.807, 2.05) is 6.20 Å². The molecule has 1 amide bonds. The van der Waals surface area contributed by atoms with Gasteiger partial charge in [0, 0.05) is 19.6 Å². The van der Waals surface area contributed by atoms with Crippen LogP contribution in [0, 0.1) is 0 Å². The fourth-order valence-electron chi connectivity index (χ4n) is 1.94. The van der Waals surface area contributed by atoms with Gasteiger partial charge in [0.15, 0.2) is 0 Å². The molecule has 7 nitrogen and oxygen atoms in total. The molecule has 0 aliphatic carbocycles. The highest BCUT2D eigenvalue weighted by atomic mass is 16.5. The second-order valence-electron chi connectivity index (χ2n) is 4.58. The third-order valence-corrected chi connectivity index (χ3v) is 2.98. The number of rotatable bonds is 6. The Kier molecular flexibility index (Phi) is 5.29. The number of morpholine rings is 1. The molecular weight excluding hydrogens is 246 g/mol. The zero-order valence-corrected chi connectivity index (χ0v) is 11.3. The smallest absolute Gasteiger partial charge is 0.244 e. The van der Waals surface area contributed by atoms with Crippen LogP contribution in [0.2, 0.25) is 0 Å². The van der Waals surface area contributed by atoms with Crippen molar-refractivity contribution < 1.29 is 9.53 Å². The van der Waals surface area contributed by atoms with Crippen molar-refractivity contribution in [2.45, 2.75) is 26.4 Å². The Morgan fingerprint density at radius 3 is 3.00 bits per heavy atom. The Labute approximate surface area is 112 Å². The summed E-state index contributed by atoms with van der Waals surface area (Å²) in [6.45, 7) is 6.59. The summed E-state index contributed by atoms with van der Waals surface area (Å²) >= 11 is 0. The summed E-state index contributed by atoms with van der Waals surface area (Å²) in [4.78, 5) is 13.8. The van der Waals surface area contributed by atoms with E-state index in [0.717, 1.165) is 18.7 Å². The lowest BCUT2D eigenvalue weighted by molar-refractivity contribution is -0.136. The minimum atomic E-state index is 0.0706. The highest BCUT2D eigenvalue weighted by Crippen LogP contribution is 2.00. The monoisotopic (exact) mass is 267 g/mol. The van der Waals surface area contributed by atoms with Gasteiger partial charge in [-0.05, 0) is 13.0 Å². The standard InChI is InChI=1S/C12H21N5O2/c1-2-3-13-8-11-9-17(15-14-11)10-12(18)16-4-6-19-7-5-16/h9,13H,2-8,10H2,1H3. The number of nitrogens with zero attached hydrogens (tertiary/aromatic N) is 4. The van der Waals surface area contributed by atoms with E-state index < -0.39 is 0 Å². The molecule has 0 unspecified atom stereocenters. The van der Waals surface area contributed by atoms with Crippen molar-refractivity contribution in [3.63, 3.8) is 0 Å². The van der Waals surface area contributed by atoms with Gasteiger partial charge in [-0.3, -0.25) is 4.79 Å². The van der Waals surface area contributed by atoms with Crippen LogP contribution < -0.4 is 5.32 Å². The number of amides is 1. The van der Waals surface area contributed by atoms with Crippen LogP contribution in [-0.4, -0.2) is 58.6 Å². The minimum absolute atomic E-state index is 0.0706. The van der Waals surface area contributed by atoms with Crippen LogP contribution >= 0.6 is 0 Å². The first-order valence-electron chi connectivity index (χ1n) is 6.75. The maximum absolute atomic E-state index is 12.0. The number of carbonyl (C=O) groups is 1. The number of nitrogens with one attached hydrogen (secondary N) is 1. The molecule has 0 atom stereocenters. The molecular formula is C12H21N5O2. The highest BCUT2D eigenvalue weighted by molar-refractivity contribution is 5.75. The zero-order chi connectivity index (χ0) is 13.5. The Bertz CT molecular complexity index is 401. The van der Waals surface area contributed by atoms with Crippen LogP contribution in [0.1, 0.15) is 19.0 Å². The van der Waals surface area contributed by atoms with Gasteiger partial charge in [-0.25, -0.2) is 4.68 Å². The van der Waals surface area contributed by atoms with E-state index in [1.54, 1.807) is 9.58 Å². The van der Waals surface area contributed by atoms with E-state index in [1.165, 1.54) is 0 Å². The number of carbonyl (C=O) groups excluding carboxylic acids is 1. The molecule has 0 spiro atoms. The fraction of sp³-hybridized carbons (Fsp3) is 0.750. The molecule has 1 aromatic heterocycles. The summed E-state index contributed by atoms with van der Waals surface area (Å²) in [7, 11) is 0. The average Bonchev–Trinajstić information content (AvgIpc) is 2.88. The summed E-state index contributed by atoms with van der Waals surface area (Å²) in [6, 6.07) is 0. The molecule has 0 saturated carbocycles. The average molecular weight is 267 g/mol. The van der Waals surface area contributed by atoms with Gasteiger partial charge in [0.2, 0.25) is 5.91 Å². The molecule has 106 valence electrons. The largest absolute Gasteiger partial charge is 0.378 e. The Hall–Kier alpha value is -1.47. The van der Waals surface area contributed by atoms with Crippen LogP contribution in [0.25, 0.3) is 0 Å². The third kappa shape index (κ3) is 4.29. The molecule has 1 N–H and O–H groups in total. The van der Waals surface area contributed by atoms with Crippen molar-refractivity contribution in [3.8, 4) is 0 Å². The third-order valence-electron chi connectivity index (χ3n) is 2.98. The van der Waals surface area contributed by atoms with Crippen LogP contribution in [0.5, 0.6) is 0 Å². The van der Waals surface area contributed by atoms with Gasteiger partial charge in [-0.1, -0.05) is 12.1 Å². The number of aromatic nitrogens is 3. The molecule has 19 heavy (non-hydrogen) atoms. The first-order valence-corrected chi connectivity index (χ1v) is 6.75. The SMILES string of the molecule is CCCNCc1cn(CC(=O)N2CCOCC2)nn1. The molecule has 1 aromatic rings. The Balaban J connectivity index is 1.80. The van der Waals surface area contributed by atoms with Crippen LogP contribution in [0.15, 0.2) is 6.20 Å². The summed E-state index contributed by atoms with van der Waals surface area (Å²) in [5, 5.41) is 11.3. The molecule has 1 aliphatic rings. The van der Waals surface area contributed by atoms with Gasteiger partial charge < -0.3 is 15.0 Å². The number of hydrogen-bond acceptors (Lipinski definition) is 5. The van der Waals surface area contributed by atoms with Crippen molar-refractivity contribution in [1.82, 2.24) is 25.2 Å². The molecule has 1 saturated heterocycles. The van der Waals surface area contributed by atoms with Crippen molar-refractivity contribution >= 4 is 5.91 Å².